The number of carbonyl (C=O) groups is 2. The highest BCUT2D eigenvalue weighted by atomic mass is 16.5. The molecule has 0 aliphatic heterocycles. The topological polar surface area (TPSA) is 55.4 Å². The zero-order chi connectivity index (χ0) is 15.2. The number of nitrogens with one attached hydrogen (secondary N) is 1. The molecule has 0 atom stereocenters. The normalized spacial score (nSPS) is 13.1. The molecule has 1 N–H and O–H groups in total. The summed E-state index contributed by atoms with van der Waals surface area (Å²) in [5, 5.41) is 2.81. The second-order valence-electron chi connectivity index (χ2n) is 5.15. The van der Waals surface area contributed by atoms with E-state index in [0.29, 0.717) is 18.7 Å². The van der Waals surface area contributed by atoms with Crippen LogP contribution in [0.4, 0.5) is 0 Å². The fourth-order valence-electron chi connectivity index (χ4n) is 2.46. The Kier molecular flexibility index (Phi) is 5.14. The first kappa shape index (κ1) is 15.3. The van der Waals surface area contributed by atoms with Gasteiger partial charge in [-0.15, -0.1) is 0 Å². The molecule has 0 aromatic heterocycles. The Morgan fingerprint density at radius 3 is 2.86 bits per heavy atom. The summed E-state index contributed by atoms with van der Waals surface area (Å²) in [6.45, 7) is 3.92. The number of esters is 1. The van der Waals surface area contributed by atoms with E-state index < -0.39 is 0 Å². The lowest BCUT2D eigenvalue weighted by molar-refractivity contribution is -0.134. The van der Waals surface area contributed by atoms with Gasteiger partial charge in [0, 0.05) is 19.9 Å². The van der Waals surface area contributed by atoms with Gasteiger partial charge in [0.2, 0.25) is 5.91 Å². The van der Waals surface area contributed by atoms with Crippen molar-refractivity contribution in [1.82, 2.24) is 5.32 Å². The Bertz CT molecular complexity index is 575. The number of rotatable bonds is 5. The van der Waals surface area contributed by atoms with E-state index >= 15 is 0 Å². The van der Waals surface area contributed by atoms with Crippen molar-refractivity contribution in [2.75, 3.05) is 6.54 Å². The van der Waals surface area contributed by atoms with Crippen molar-refractivity contribution >= 4 is 17.4 Å². The van der Waals surface area contributed by atoms with Crippen LogP contribution in [0.5, 0.6) is 5.75 Å². The number of amides is 1. The number of allylic oxidation sites excluding steroid dienone is 1. The van der Waals surface area contributed by atoms with Gasteiger partial charge >= 0.3 is 5.97 Å². The van der Waals surface area contributed by atoms with Crippen LogP contribution in [0.3, 0.4) is 0 Å². The van der Waals surface area contributed by atoms with Crippen LogP contribution in [0, 0.1) is 0 Å². The van der Waals surface area contributed by atoms with E-state index in [9.17, 15) is 9.59 Å². The zero-order valence-electron chi connectivity index (χ0n) is 12.6. The zero-order valence-corrected chi connectivity index (χ0v) is 12.6. The van der Waals surface area contributed by atoms with Crippen LogP contribution in [-0.4, -0.2) is 18.4 Å². The van der Waals surface area contributed by atoms with Crippen LogP contribution in [0.25, 0.3) is 5.57 Å². The summed E-state index contributed by atoms with van der Waals surface area (Å²) < 4.78 is 5.28. The molecule has 1 aromatic rings. The fourth-order valence-corrected chi connectivity index (χ4v) is 2.46. The van der Waals surface area contributed by atoms with Gasteiger partial charge in [-0.3, -0.25) is 9.59 Å². The largest absolute Gasteiger partial charge is 0.427 e. The van der Waals surface area contributed by atoms with Crippen LogP contribution in [0.15, 0.2) is 24.3 Å². The highest BCUT2D eigenvalue weighted by molar-refractivity contribution is 5.76. The van der Waals surface area contributed by atoms with Gasteiger partial charge in [-0.05, 0) is 48.1 Å². The summed E-state index contributed by atoms with van der Waals surface area (Å²) >= 11 is 0. The fraction of sp³-hybridized carbons (Fsp3) is 0.412. The van der Waals surface area contributed by atoms with Crippen LogP contribution >= 0.6 is 0 Å². The van der Waals surface area contributed by atoms with Crippen molar-refractivity contribution in [3.63, 3.8) is 0 Å². The average molecular weight is 287 g/mol. The lowest BCUT2D eigenvalue weighted by Crippen LogP contribution is -2.21. The summed E-state index contributed by atoms with van der Waals surface area (Å²) in [4.78, 5) is 22.3. The van der Waals surface area contributed by atoms with Crippen LogP contribution in [0.1, 0.15) is 44.2 Å². The third kappa shape index (κ3) is 4.18. The van der Waals surface area contributed by atoms with Crippen molar-refractivity contribution in [1.29, 1.82) is 0 Å². The van der Waals surface area contributed by atoms with Gasteiger partial charge in [-0.2, -0.15) is 0 Å². The Hall–Kier alpha value is -2.10. The first-order valence-corrected chi connectivity index (χ1v) is 7.37. The summed E-state index contributed by atoms with van der Waals surface area (Å²) in [7, 11) is 0. The molecule has 112 valence electrons. The molecule has 1 aliphatic rings. The summed E-state index contributed by atoms with van der Waals surface area (Å²) in [5.74, 6) is 0.347. The average Bonchev–Trinajstić information content (AvgIpc) is 2.47. The maximum absolute atomic E-state index is 11.4. The molecule has 2 rings (SSSR count). The minimum absolute atomic E-state index is 0.0164. The quantitative estimate of drug-likeness (QED) is 0.669. The molecule has 0 bridgehead atoms. The van der Waals surface area contributed by atoms with E-state index in [0.717, 1.165) is 24.8 Å². The molecule has 0 saturated heterocycles. The van der Waals surface area contributed by atoms with Crippen LogP contribution < -0.4 is 10.1 Å². The second-order valence-corrected chi connectivity index (χ2v) is 5.15. The molecular weight excluding hydrogens is 266 g/mol. The van der Waals surface area contributed by atoms with Gasteiger partial charge < -0.3 is 10.1 Å². The van der Waals surface area contributed by atoms with E-state index in [1.165, 1.54) is 18.1 Å². The molecule has 1 aromatic carbocycles. The number of hydrogen-bond acceptors (Lipinski definition) is 3. The van der Waals surface area contributed by atoms with Crippen molar-refractivity contribution in [3.8, 4) is 5.75 Å². The number of fused-ring (bicyclic) bond motifs is 1. The molecule has 0 radical (unpaired) electrons. The summed E-state index contributed by atoms with van der Waals surface area (Å²) in [6, 6.07) is 5.81. The Labute approximate surface area is 125 Å². The number of ether oxygens (including phenoxy) is 1. The van der Waals surface area contributed by atoms with Gasteiger partial charge in [0.15, 0.2) is 0 Å². The van der Waals surface area contributed by atoms with Gasteiger partial charge in [0.25, 0.3) is 0 Å². The Morgan fingerprint density at radius 2 is 2.14 bits per heavy atom. The van der Waals surface area contributed by atoms with E-state index in [1.54, 1.807) is 6.92 Å². The van der Waals surface area contributed by atoms with Gasteiger partial charge in [0.1, 0.15) is 5.75 Å². The van der Waals surface area contributed by atoms with Gasteiger partial charge in [-0.1, -0.05) is 19.1 Å². The van der Waals surface area contributed by atoms with Gasteiger partial charge in [0.05, 0.1) is 0 Å². The number of carbonyl (C=O) groups excluding carboxylic acids is 2. The molecule has 4 nitrogen and oxygen atoms in total. The molecule has 0 heterocycles. The lowest BCUT2D eigenvalue weighted by Gasteiger charge is -2.19. The SMILES string of the molecule is CCC(=O)Oc1ccc2c(c1)C(CCNC(C)=O)=CCC2. The number of aryl methyl sites for hydroxylation is 1. The third-order valence-electron chi connectivity index (χ3n) is 3.52. The Morgan fingerprint density at radius 1 is 1.33 bits per heavy atom. The first-order chi connectivity index (χ1) is 10.1. The molecule has 0 fully saturated rings. The Balaban J connectivity index is 2.13. The third-order valence-corrected chi connectivity index (χ3v) is 3.52. The highest BCUT2D eigenvalue weighted by Crippen LogP contribution is 2.31. The first-order valence-electron chi connectivity index (χ1n) is 7.37. The summed E-state index contributed by atoms with van der Waals surface area (Å²) in [6.07, 6.45) is 5.37. The minimum Gasteiger partial charge on any atom is -0.427 e. The monoisotopic (exact) mass is 287 g/mol. The van der Waals surface area contributed by atoms with E-state index in [-0.39, 0.29) is 11.9 Å². The predicted octanol–water partition coefficient (Wildman–Crippen LogP) is 2.86. The van der Waals surface area contributed by atoms with E-state index in [1.807, 2.05) is 18.2 Å². The molecule has 21 heavy (non-hydrogen) atoms. The summed E-state index contributed by atoms with van der Waals surface area (Å²) in [5.41, 5.74) is 3.61. The smallest absolute Gasteiger partial charge is 0.310 e. The number of benzene rings is 1. The van der Waals surface area contributed by atoms with E-state index in [4.69, 9.17) is 4.74 Å². The van der Waals surface area contributed by atoms with Crippen molar-refractivity contribution in [2.45, 2.75) is 39.5 Å². The molecule has 0 unspecified atom stereocenters. The highest BCUT2D eigenvalue weighted by Gasteiger charge is 2.14. The van der Waals surface area contributed by atoms with Crippen LogP contribution in [0.2, 0.25) is 0 Å². The predicted molar refractivity (Wildman–Crippen MR) is 82.0 cm³/mol. The molecular formula is C17H21NO3. The lowest BCUT2D eigenvalue weighted by atomic mass is 9.89. The second kappa shape index (κ2) is 7.07. The molecule has 4 heteroatoms. The standard InChI is InChI=1S/C17H21NO3/c1-3-17(20)21-15-8-7-13-5-4-6-14(16(13)11-15)9-10-18-12(2)19/h6-8,11H,3-5,9-10H2,1-2H3,(H,18,19). The molecule has 0 spiro atoms. The van der Waals surface area contributed by atoms with Crippen LogP contribution in [-0.2, 0) is 16.0 Å². The molecule has 0 saturated carbocycles. The van der Waals surface area contributed by atoms with Crippen molar-refractivity contribution in [3.05, 3.63) is 35.4 Å². The van der Waals surface area contributed by atoms with Crippen molar-refractivity contribution < 1.29 is 14.3 Å². The van der Waals surface area contributed by atoms with Crippen molar-refractivity contribution in [2.24, 2.45) is 0 Å². The maximum Gasteiger partial charge on any atom is 0.310 e. The molecule has 1 amide bonds. The van der Waals surface area contributed by atoms with E-state index in [2.05, 4.69) is 11.4 Å². The van der Waals surface area contributed by atoms with Gasteiger partial charge in [-0.25, -0.2) is 0 Å². The minimum atomic E-state index is -0.227. The maximum atomic E-state index is 11.4. The number of hydrogen-bond donors (Lipinski definition) is 1. The molecule has 1 aliphatic carbocycles.